The fraction of sp³-hybridized carbons (Fsp3) is 0.160. The maximum absolute atomic E-state index is 13.9. The lowest BCUT2D eigenvalue weighted by Crippen LogP contribution is -2.50. The van der Waals surface area contributed by atoms with Crippen molar-refractivity contribution in [3.63, 3.8) is 0 Å². The Kier molecular flexibility index (Phi) is 5.89. The second-order valence-electron chi connectivity index (χ2n) is 8.03. The first-order valence-corrected chi connectivity index (χ1v) is 10.9. The van der Waals surface area contributed by atoms with Crippen LogP contribution in [0.4, 0.5) is 25.0 Å². The number of piperazine rings is 1. The van der Waals surface area contributed by atoms with E-state index in [2.05, 4.69) is 20.2 Å². The Labute approximate surface area is 199 Å². The Hall–Kier alpha value is -4.65. The normalized spacial score (nSPS) is 13.5. The lowest BCUT2D eigenvalue weighted by Gasteiger charge is -2.36. The zero-order valence-electron chi connectivity index (χ0n) is 18.5. The minimum atomic E-state index is -0.710. The maximum Gasteiger partial charge on any atom is 0.322 e. The van der Waals surface area contributed by atoms with Crippen molar-refractivity contribution in [3.8, 4) is 17.6 Å². The number of fused-ring (bicyclic) bond motifs is 1. The Morgan fingerprint density at radius 1 is 1.06 bits per heavy atom. The van der Waals surface area contributed by atoms with Crippen LogP contribution in [-0.2, 0) is 0 Å². The van der Waals surface area contributed by atoms with E-state index in [1.54, 1.807) is 17.2 Å². The van der Waals surface area contributed by atoms with Gasteiger partial charge in [-0.1, -0.05) is 0 Å². The topological polar surface area (TPSA) is 97.3 Å². The number of hydrogen-bond donors (Lipinski definition) is 2. The Morgan fingerprint density at radius 2 is 1.83 bits per heavy atom. The highest BCUT2D eigenvalue weighted by molar-refractivity contribution is 6.01. The molecule has 35 heavy (non-hydrogen) atoms. The number of halogens is 2. The van der Waals surface area contributed by atoms with Crippen LogP contribution in [0, 0.1) is 23.0 Å². The van der Waals surface area contributed by atoms with Crippen molar-refractivity contribution >= 4 is 28.3 Å². The summed E-state index contributed by atoms with van der Waals surface area (Å²) in [6.07, 6.45) is 4.47. The quantitative estimate of drug-likeness (QED) is 0.440. The lowest BCUT2D eigenvalue weighted by molar-refractivity contribution is 0.208. The highest BCUT2D eigenvalue weighted by Gasteiger charge is 2.22. The Bertz CT molecular complexity index is 1420. The highest BCUT2D eigenvalue weighted by Crippen LogP contribution is 2.28. The molecule has 2 amide bonds. The summed E-state index contributed by atoms with van der Waals surface area (Å²) in [6.45, 7) is 2.22. The molecule has 0 bridgehead atoms. The minimum absolute atomic E-state index is 0.146. The van der Waals surface area contributed by atoms with Gasteiger partial charge in [0.15, 0.2) is 0 Å². The van der Waals surface area contributed by atoms with E-state index in [1.165, 1.54) is 18.5 Å². The van der Waals surface area contributed by atoms with Crippen molar-refractivity contribution in [2.75, 3.05) is 36.4 Å². The van der Waals surface area contributed by atoms with Crippen molar-refractivity contribution in [1.29, 1.82) is 5.26 Å². The summed E-state index contributed by atoms with van der Waals surface area (Å²) in [6, 6.07) is 12.8. The van der Waals surface area contributed by atoms with Crippen LogP contribution in [0.2, 0.25) is 0 Å². The first-order valence-electron chi connectivity index (χ1n) is 10.9. The van der Waals surface area contributed by atoms with Gasteiger partial charge in [-0.3, -0.25) is 4.98 Å². The number of nitriles is 1. The molecule has 0 aliphatic carbocycles. The zero-order valence-corrected chi connectivity index (χ0v) is 18.5. The monoisotopic (exact) mass is 474 g/mol. The molecular weight excluding hydrogens is 454 g/mol. The number of ether oxygens (including phenoxy) is 1. The minimum Gasteiger partial charge on any atom is -0.456 e. The number of carbonyl (C=O) groups is 1. The molecule has 1 fully saturated rings. The fourth-order valence-electron chi connectivity index (χ4n) is 4.02. The van der Waals surface area contributed by atoms with Crippen molar-refractivity contribution in [3.05, 3.63) is 78.3 Å². The molecular formula is C25H20F2N6O2. The SMILES string of the molecule is N#Cc1cncc(Oc2ccc(N3CCN(C(=O)Nc4c[nH]c5c(F)cc(F)cc45)CC3)cc2)c1. The third kappa shape index (κ3) is 4.70. The smallest absolute Gasteiger partial charge is 0.322 e. The number of amides is 2. The third-order valence-corrected chi connectivity index (χ3v) is 5.79. The number of urea groups is 1. The van der Waals surface area contributed by atoms with Crippen molar-refractivity contribution in [1.82, 2.24) is 14.9 Å². The first-order chi connectivity index (χ1) is 17.0. The molecule has 2 N–H and O–H groups in total. The van der Waals surface area contributed by atoms with Crippen LogP contribution in [-0.4, -0.2) is 47.1 Å². The summed E-state index contributed by atoms with van der Waals surface area (Å²) >= 11 is 0. The summed E-state index contributed by atoms with van der Waals surface area (Å²) in [5, 5.41) is 12.0. The molecule has 0 atom stereocenters. The first kappa shape index (κ1) is 22.2. The van der Waals surface area contributed by atoms with Gasteiger partial charge >= 0.3 is 6.03 Å². The third-order valence-electron chi connectivity index (χ3n) is 5.79. The number of rotatable bonds is 4. The molecule has 4 aromatic rings. The van der Waals surface area contributed by atoms with Crippen molar-refractivity contribution < 1.29 is 18.3 Å². The molecule has 0 radical (unpaired) electrons. The molecule has 176 valence electrons. The summed E-state index contributed by atoms with van der Waals surface area (Å²) in [4.78, 5) is 23.3. The Morgan fingerprint density at radius 3 is 2.57 bits per heavy atom. The summed E-state index contributed by atoms with van der Waals surface area (Å²) in [5.74, 6) is -0.312. The van der Waals surface area contributed by atoms with E-state index < -0.39 is 11.6 Å². The van der Waals surface area contributed by atoms with Gasteiger partial charge in [0.2, 0.25) is 0 Å². The lowest BCUT2D eigenvalue weighted by atomic mass is 10.2. The van der Waals surface area contributed by atoms with Gasteiger partial charge in [-0.15, -0.1) is 0 Å². The molecule has 2 aromatic heterocycles. The van der Waals surface area contributed by atoms with Gasteiger partial charge in [0, 0.05) is 61.8 Å². The molecule has 1 aliphatic heterocycles. The molecule has 1 aliphatic rings. The second-order valence-corrected chi connectivity index (χ2v) is 8.03. The second kappa shape index (κ2) is 9.30. The number of aromatic nitrogens is 2. The molecule has 10 heteroatoms. The number of anilines is 2. The van der Waals surface area contributed by atoms with E-state index in [1.807, 2.05) is 30.3 Å². The largest absolute Gasteiger partial charge is 0.456 e. The van der Waals surface area contributed by atoms with Crippen LogP contribution in [0.3, 0.4) is 0 Å². The highest BCUT2D eigenvalue weighted by atomic mass is 19.1. The fourth-order valence-corrected chi connectivity index (χ4v) is 4.02. The van der Waals surface area contributed by atoms with Crippen LogP contribution in [0.1, 0.15) is 5.56 Å². The number of nitrogens with one attached hydrogen (secondary N) is 2. The molecule has 2 aromatic carbocycles. The number of hydrogen-bond acceptors (Lipinski definition) is 5. The number of benzene rings is 2. The molecule has 8 nitrogen and oxygen atoms in total. The van der Waals surface area contributed by atoms with Crippen LogP contribution in [0.5, 0.6) is 11.5 Å². The number of aromatic amines is 1. The summed E-state index contributed by atoms with van der Waals surface area (Å²) in [7, 11) is 0. The van der Waals surface area contributed by atoms with E-state index >= 15 is 0 Å². The van der Waals surface area contributed by atoms with E-state index in [-0.39, 0.29) is 16.9 Å². The molecule has 0 unspecified atom stereocenters. The van der Waals surface area contributed by atoms with Crippen molar-refractivity contribution in [2.24, 2.45) is 0 Å². The van der Waals surface area contributed by atoms with Crippen LogP contribution in [0.25, 0.3) is 10.9 Å². The molecule has 5 rings (SSSR count). The average Bonchev–Trinajstić information content (AvgIpc) is 3.27. The summed E-state index contributed by atoms with van der Waals surface area (Å²) in [5.41, 5.74) is 1.89. The van der Waals surface area contributed by atoms with Gasteiger partial charge in [-0.2, -0.15) is 5.26 Å². The van der Waals surface area contributed by atoms with E-state index in [0.717, 1.165) is 11.8 Å². The number of H-pyrrole nitrogens is 1. The van der Waals surface area contributed by atoms with Crippen LogP contribution >= 0.6 is 0 Å². The van der Waals surface area contributed by atoms with Gasteiger partial charge in [-0.25, -0.2) is 13.6 Å². The summed E-state index contributed by atoms with van der Waals surface area (Å²) < 4.78 is 33.3. The van der Waals surface area contributed by atoms with Gasteiger partial charge in [0.05, 0.1) is 23.0 Å². The van der Waals surface area contributed by atoms with Gasteiger partial charge in [0.25, 0.3) is 0 Å². The van der Waals surface area contributed by atoms with Crippen molar-refractivity contribution in [2.45, 2.75) is 0 Å². The standard InChI is InChI=1S/C25H20F2N6O2/c26-17-10-21-23(15-30-24(21)22(27)11-17)31-25(34)33-7-5-32(6-8-33)18-1-3-19(4-2-18)35-20-9-16(12-28)13-29-14-20/h1-4,9-11,13-15,30H,5-8H2,(H,31,34). The van der Waals surface area contributed by atoms with E-state index in [4.69, 9.17) is 10.00 Å². The van der Waals surface area contributed by atoms with Crippen LogP contribution < -0.4 is 15.0 Å². The average molecular weight is 474 g/mol. The number of pyridine rings is 1. The van der Waals surface area contributed by atoms with E-state index in [0.29, 0.717) is 48.9 Å². The predicted octanol–water partition coefficient (Wildman–Crippen LogP) is 4.86. The zero-order chi connectivity index (χ0) is 24.4. The van der Waals surface area contributed by atoms with Gasteiger partial charge in [0.1, 0.15) is 29.2 Å². The molecule has 3 heterocycles. The van der Waals surface area contributed by atoms with E-state index in [9.17, 15) is 13.6 Å². The predicted molar refractivity (Wildman–Crippen MR) is 126 cm³/mol. The number of nitrogens with zero attached hydrogens (tertiary/aromatic N) is 4. The Balaban J connectivity index is 1.18. The molecule has 0 saturated carbocycles. The molecule has 0 spiro atoms. The number of carbonyl (C=O) groups excluding carboxylic acids is 1. The molecule has 1 saturated heterocycles. The maximum atomic E-state index is 13.9. The van der Waals surface area contributed by atoms with Crippen LogP contribution in [0.15, 0.2) is 61.1 Å². The van der Waals surface area contributed by atoms with Gasteiger partial charge in [-0.05, 0) is 30.3 Å². The van der Waals surface area contributed by atoms with Gasteiger partial charge < -0.3 is 24.8 Å².